The highest BCUT2D eigenvalue weighted by Gasteiger charge is 2.69. The Bertz CT molecular complexity index is 1650. The normalized spacial score (nSPS) is 28.8. The third-order valence-corrected chi connectivity index (χ3v) is 11.8. The quantitative estimate of drug-likeness (QED) is 0.312. The van der Waals surface area contributed by atoms with Crippen molar-refractivity contribution in [3.63, 3.8) is 0 Å². The summed E-state index contributed by atoms with van der Waals surface area (Å²) in [5, 5.41) is 0.925. The molecule has 3 heterocycles. The number of thioether (sulfide) groups is 1. The van der Waals surface area contributed by atoms with Gasteiger partial charge in [0, 0.05) is 16.0 Å². The van der Waals surface area contributed by atoms with Gasteiger partial charge in [-0.05, 0) is 67.9 Å². The molecule has 2 aromatic carbocycles. The van der Waals surface area contributed by atoms with Crippen molar-refractivity contribution in [2.75, 3.05) is 25.2 Å². The Morgan fingerprint density at radius 3 is 2.48 bits per heavy atom. The summed E-state index contributed by atoms with van der Waals surface area (Å²) in [6.07, 6.45) is 0.810. The maximum atomic E-state index is 13.9. The molecular weight excluding hydrogens is 576 g/mol. The van der Waals surface area contributed by atoms with Crippen LogP contribution in [0.15, 0.2) is 52.3 Å². The summed E-state index contributed by atoms with van der Waals surface area (Å²) in [5.74, 6) is -0.584. The van der Waals surface area contributed by atoms with Gasteiger partial charge in [0.15, 0.2) is 18.1 Å². The van der Waals surface area contributed by atoms with Crippen LogP contribution in [0.3, 0.4) is 0 Å². The van der Waals surface area contributed by atoms with Gasteiger partial charge in [-0.3, -0.25) is 19.3 Å². The summed E-state index contributed by atoms with van der Waals surface area (Å²) in [6, 6.07) is 13.2. The Kier molecular flexibility index (Phi) is 6.69. The Hall–Kier alpha value is -3.57. The number of ether oxygens (including phenoxy) is 3. The minimum atomic E-state index is -0.468. The molecule has 42 heavy (non-hydrogen) atoms. The molecule has 2 bridgehead atoms. The number of amides is 2. The second-order valence-electron chi connectivity index (χ2n) is 11.3. The zero-order valence-corrected chi connectivity index (χ0v) is 25.0. The first-order valence-corrected chi connectivity index (χ1v) is 15.8. The van der Waals surface area contributed by atoms with Crippen molar-refractivity contribution < 1.29 is 28.6 Å². The molecule has 7 atom stereocenters. The topological polar surface area (TPSA) is 115 Å². The number of benzene rings is 2. The highest BCUT2D eigenvalue weighted by molar-refractivity contribution is 8.00. The van der Waals surface area contributed by atoms with Crippen LogP contribution in [0.25, 0.3) is 0 Å². The Balaban J connectivity index is 1.25. The molecule has 218 valence electrons. The van der Waals surface area contributed by atoms with Crippen molar-refractivity contribution in [3.05, 3.63) is 68.1 Å². The van der Waals surface area contributed by atoms with E-state index in [9.17, 15) is 19.2 Å². The number of fused-ring (bicyclic) bond motifs is 9. The van der Waals surface area contributed by atoms with Gasteiger partial charge in [0.2, 0.25) is 11.8 Å². The van der Waals surface area contributed by atoms with Gasteiger partial charge in [-0.25, -0.2) is 4.79 Å². The van der Waals surface area contributed by atoms with E-state index in [0.717, 1.165) is 27.5 Å². The second kappa shape index (κ2) is 10.3. The van der Waals surface area contributed by atoms with Crippen LogP contribution < -0.4 is 19.2 Å². The fourth-order valence-corrected chi connectivity index (χ4v) is 10.6. The summed E-state index contributed by atoms with van der Waals surface area (Å²) in [7, 11) is 1.54. The van der Waals surface area contributed by atoms with Crippen molar-refractivity contribution in [2.45, 2.75) is 36.5 Å². The van der Waals surface area contributed by atoms with E-state index < -0.39 is 5.97 Å². The molecular formula is C31H30N2O7S2. The number of hydrogen-bond donors (Lipinski definition) is 1. The zero-order chi connectivity index (χ0) is 29.3. The maximum absolute atomic E-state index is 13.9. The predicted octanol–water partition coefficient (Wildman–Crippen LogP) is 4.37. The molecule has 0 radical (unpaired) electrons. The first kappa shape index (κ1) is 27.3. The van der Waals surface area contributed by atoms with E-state index in [1.807, 2.05) is 43.3 Å². The summed E-state index contributed by atoms with van der Waals surface area (Å²) in [5.41, 5.74) is 2.64. The van der Waals surface area contributed by atoms with Gasteiger partial charge in [-0.15, -0.1) is 11.8 Å². The van der Waals surface area contributed by atoms with E-state index in [-0.39, 0.29) is 70.7 Å². The first-order chi connectivity index (χ1) is 20.3. The number of anilines is 1. The molecule has 3 fully saturated rings. The van der Waals surface area contributed by atoms with Gasteiger partial charge in [-0.2, -0.15) is 0 Å². The van der Waals surface area contributed by atoms with Gasteiger partial charge < -0.3 is 19.2 Å². The summed E-state index contributed by atoms with van der Waals surface area (Å²) in [6.45, 7) is 3.74. The number of nitrogens with zero attached hydrogens (tertiary/aromatic N) is 1. The largest absolute Gasteiger partial charge is 0.493 e. The van der Waals surface area contributed by atoms with Crippen LogP contribution in [0.5, 0.6) is 11.5 Å². The van der Waals surface area contributed by atoms with Gasteiger partial charge in [0.25, 0.3) is 0 Å². The van der Waals surface area contributed by atoms with Crippen LogP contribution in [0, 0.1) is 36.5 Å². The molecule has 2 aliphatic carbocycles. The molecule has 1 N–H and O–H groups in total. The van der Waals surface area contributed by atoms with Gasteiger partial charge in [0.05, 0.1) is 36.3 Å². The molecule has 0 spiro atoms. The van der Waals surface area contributed by atoms with Gasteiger partial charge in [0.1, 0.15) is 0 Å². The average molecular weight is 607 g/mol. The lowest BCUT2D eigenvalue weighted by molar-refractivity contribution is -0.145. The SMILES string of the molecule is CCOC(=O)COc1ccc([C@H]2c3sc(=O)[nH]c3SC3C2[C@H]2C[C@@H]3C3C(=O)N(c4ccc(C)cc4)C(=O)C32)cc1OC. The molecule has 2 amide bonds. The van der Waals surface area contributed by atoms with E-state index in [4.69, 9.17) is 14.2 Å². The van der Waals surface area contributed by atoms with Crippen molar-refractivity contribution in [1.29, 1.82) is 0 Å². The minimum absolute atomic E-state index is 0.00508. The van der Waals surface area contributed by atoms with Crippen LogP contribution in [0.4, 0.5) is 5.69 Å². The van der Waals surface area contributed by atoms with Crippen LogP contribution >= 0.6 is 23.1 Å². The molecule has 11 heteroatoms. The smallest absolute Gasteiger partial charge is 0.344 e. The van der Waals surface area contributed by atoms with E-state index in [1.54, 1.807) is 31.9 Å². The third kappa shape index (κ3) is 4.11. The van der Waals surface area contributed by atoms with Crippen LogP contribution in [0.1, 0.15) is 35.3 Å². The number of carbonyl (C=O) groups is 3. The molecule has 2 aliphatic heterocycles. The summed E-state index contributed by atoms with van der Waals surface area (Å²) >= 11 is 2.86. The lowest BCUT2D eigenvalue weighted by atomic mass is 9.68. The van der Waals surface area contributed by atoms with Gasteiger partial charge >= 0.3 is 10.8 Å². The number of carbonyl (C=O) groups excluding carboxylic acids is 3. The summed E-state index contributed by atoms with van der Waals surface area (Å²) in [4.78, 5) is 57.4. The highest BCUT2D eigenvalue weighted by atomic mass is 32.2. The fraction of sp³-hybridized carbons (Fsp3) is 0.419. The number of nitrogens with one attached hydrogen (secondary N) is 1. The van der Waals surface area contributed by atoms with E-state index >= 15 is 0 Å². The summed E-state index contributed by atoms with van der Waals surface area (Å²) < 4.78 is 16.3. The number of hydrogen-bond acceptors (Lipinski definition) is 9. The van der Waals surface area contributed by atoms with Gasteiger partial charge in [-0.1, -0.05) is 35.1 Å². The molecule has 2 saturated carbocycles. The van der Waals surface area contributed by atoms with E-state index in [2.05, 4.69) is 4.98 Å². The number of imide groups is 1. The molecule has 7 rings (SSSR count). The number of aryl methyl sites for hydroxylation is 1. The number of rotatable bonds is 7. The molecule has 1 saturated heterocycles. The zero-order valence-electron chi connectivity index (χ0n) is 23.3. The lowest BCUT2D eigenvalue weighted by Crippen LogP contribution is -2.42. The highest BCUT2D eigenvalue weighted by Crippen LogP contribution is 2.68. The maximum Gasteiger partial charge on any atom is 0.344 e. The van der Waals surface area contributed by atoms with Crippen molar-refractivity contribution >= 4 is 46.6 Å². The first-order valence-electron chi connectivity index (χ1n) is 14.1. The predicted molar refractivity (Wildman–Crippen MR) is 157 cm³/mol. The third-order valence-electron chi connectivity index (χ3n) is 9.21. The molecule has 3 aromatic rings. The molecule has 4 unspecified atom stereocenters. The van der Waals surface area contributed by atoms with Crippen LogP contribution in [-0.2, 0) is 19.1 Å². The number of aromatic amines is 1. The fourth-order valence-electron chi connectivity index (χ4n) is 7.67. The second-order valence-corrected chi connectivity index (χ2v) is 13.5. The van der Waals surface area contributed by atoms with Crippen LogP contribution in [-0.4, -0.2) is 48.3 Å². The Labute approximate surface area is 250 Å². The Morgan fingerprint density at radius 2 is 1.76 bits per heavy atom. The number of methoxy groups -OCH3 is 1. The number of thiazole rings is 1. The minimum Gasteiger partial charge on any atom is -0.493 e. The lowest BCUT2D eigenvalue weighted by Gasteiger charge is -2.43. The average Bonchev–Trinajstić information content (AvgIpc) is 3.71. The van der Waals surface area contributed by atoms with Crippen molar-refractivity contribution in [3.8, 4) is 11.5 Å². The van der Waals surface area contributed by atoms with Crippen molar-refractivity contribution in [1.82, 2.24) is 4.98 Å². The standard InChI is InChI=1S/C31H30N2O7S2/c1-4-39-21(34)13-40-19-10-7-15(11-20(19)38-3)22-23-17-12-18(26(23)41-28-27(22)42-31(37)32-28)25-24(17)29(35)33(30(25)36)16-8-5-14(2)6-9-16/h5-11,17-18,22-26H,4,12-13H2,1-3H3,(H,32,37)/t17-,18-,22-,23?,24?,25?,26?/m1/s1. The molecule has 4 aliphatic rings. The number of aromatic nitrogens is 1. The van der Waals surface area contributed by atoms with E-state index in [0.29, 0.717) is 17.2 Å². The monoisotopic (exact) mass is 606 g/mol. The van der Waals surface area contributed by atoms with E-state index in [1.165, 1.54) is 16.2 Å². The molecule has 1 aromatic heterocycles. The number of H-pyrrole nitrogens is 1. The van der Waals surface area contributed by atoms with Crippen LogP contribution in [0.2, 0.25) is 0 Å². The Morgan fingerprint density at radius 1 is 1.02 bits per heavy atom. The molecule has 9 nitrogen and oxygen atoms in total. The number of esters is 1. The van der Waals surface area contributed by atoms with Crippen molar-refractivity contribution in [2.24, 2.45) is 29.6 Å².